The molecule has 102 valence electrons. The lowest BCUT2D eigenvalue weighted by Gasteiger charge is -2.03. The van der Waals surface area contributed by atoms with Gasteiger partial charge in [-0.15, -0.1) is 0 Å². The normalized spacial score (nSPS) is 11.2. The molecule has 0 saturated carbocycles. The van der Waals surface area contributed by atoms with Crippen molar-refractivity contribution < 1.29 is 22.1 Å². The molecule has 6 heteroatoms. The molecule has 19 heavy (non-hydrogen) atoms. The Labute approximate surface area is 112 Å². The average Bonchev–Trinajstić information content (AvgIpc) is 2.38. The molecule has 0 aliphatic heterocycles. The molecule has 0 N–H and O–H groups in total. The first-order valence-corrected chi connectivity index (χ1v) is 6.80. The Morgan fingerprint density at radius 1 is 1.32 bits per heavy atom. The highest BCUT2D eigenvalue weighted by Crippen LogP contribution is 2.13. The maximum absolute atomic E-state index is 11.7. The zero-order valence-electron chi connectivity index (χ0n) is 10.4. The highest BCUT2D eigenvalue weighted by atomic mass is 32.2. The number of esters is 1. The van der Waals surface area contributed by atoms with Crippen molar-refractivity contribution in [1.29, 1.82) is 0 Å². The summed E-state index contributed by atoms with van der Waals surface area (Å²) < 4.78 is 32.7. The number of ether oxygens (including phenoxy) is 1. The molecular weight excluding hydrogens is 268 g/mol. The van der Waals surface area contributed by atoms with Crippen LogP contribution in [0, 0.1) is 6.92 Å². The minimum Gasteiger partial charge on any atom is -0.458 e. The molecule has 0 spiro atoms. The van der Waals surface area contributed by atoms with Gasteiger partial charge in [-0.05, 0) is 25.1 Å². The highest BCUT2D eigenvalue weighted by Gasteiger charge is 2.13. The van der Waals surface area contributed by atoms with Crippen molar-refractivity contribution in [1.82, 2.24) is 0 Å². The molecule has 0 radical (unpaired) electrons. The SMILES string of the molecule is C=CC(=O)OCC=COS(=O)(=O)c1ccc(C)cc1. The zero-order valence-corrected chi connectivity index (χ0v) is 11.2. The molecule has 1 aromatic carbocycles. The standard InChI is InChI=1S/C13H14O5S/c1-3-13(14)17-9-4-10-18-19(15,16)12-7-5-11(2)6-8-12/h3-8,10H,1,9H2,2H3. The van der Waals surface area contributed by atoms with Gasteiger partial charge in [0.05, 0.1) is 0 Å². The maximum Gasteiger partial charge on any atom is 0.338 e. The third-order valence-electron chi connectivity index (χ3n) is 2.08. The van der Waals surface area contributed by atoms with Gasteiger partial charge in [-0.1, -0.05) is 24.3 Å². The van der Waals surface area contributed by atoms with Gasteiger partial charge in [0.15, 0.2) is 0 Å². The Hall–Kier alpha value is -2.08. The number of carbonyl (C=O) groups excluding carboxylic acids is 1. The molecule has 0 aliphatic carbocycles. The third-order valence-corrected chi connectivity index (χ3v) is 3.29. The summed E-state index contributed by atoms with van der Waals surface area (Å²) >= 11 is 0. The first-order chi connectivity index (χ1) is 8.95. The second-order valence-corrected chi connectivity index (χ2v) is 5.14. The highest BCUT2D eigenvalue weighted by molar-refractivity contribution is 7.86. The quantitative estimate of drug-likeness (QED) is 0.345. The summed E-state index contributed by atoms with van der Waals surface area (Å²) in [4.78, 5) is 10.8. The van der Waals surface area contributed by atoms with E-state index < -0.39 is 16.1 Å². The second kappa shape index (κ2) is 6.75. The van der Waals surface area contributed by atoms with E-state index in [9.17, 15) is 13.2 Å². The van der Waals surface area contributed by atoms with Gasteiger partial charge in [-0.3, -0.25) is 0 Å². The molecule has 5 nitrogen and oxygen atoms in total. The smallest absolute Gasteiger partial charge is 0.338 e. The predicted molar refractivity (Wildman–Crippen MR) is 69.7 cm³/mol. The average molecular weight is 282 g/mol. The van der Waals surface area contributed by atoms with E-state index in [-0.39, 0.29) is 11.5 Å². The van der Waals surface area contributed by atoms with E-state index in [1.54, 1.807) is 12.1 Å². The van der Waals surface area contributed by atoms with Gasteiger partial charge in [0, 0.05) is 6.08 Å². The Morgan fingerprint density at radius 3 is 2.53 bits per heavy atom. The van der Waals surface area contributed by atoms with E-state index in [1.807, 2.05) is 6.92 Å². The van der Waals surface area contributed by atoms with Crippen LogP contribution in [-0.2, 0) is 23.8 Å². The molecule has 0 aromatic heterocycles. The topological polar surface area (TPSA) is 69.7 Å². The lowest BCUT2D eigenvalue weighted by atomic mass is 10.2. The van der Waals surface area contributed by atoms with Crippen molar-refractivity contribution >= 4 is 16.1 Å². The summed E-state index contributed by atoms with van der Waals surface area (Å²) in [5.74, 6) is -0.592. The van der Waals surface area contributed by atoms with Crippen LogP contribution in [0.3, 0.4) is 0 Å². The van der Waals surface area contributed by atoms with Crippen molar-refractivity contribution in [3.63, 3.8) is 0 Å². The summed E-state index contributed by atoms with van der Waals surface area (Å²) in [6, 6.07) is 6.25. The lowest BCUT2D eigenvalue weighted by Crippen LogP contribution is -2.03. The number of hydrogen-bond acceptors (Lipinski definition) is 5. The molecule has 0 unspecified atom stereocenters. The molecule has 1 rings (SSSR count). The predicted octanol–water partition coefficient (Wildman–Crippen LogP) is 1.94. The first-order valence-electron chi connectivity index (χ1n) is 5.40. The third kappa shape index (κ3) is 4.97. The van der Waals surface area contributed by atoms with Crippen LogP contribution in [-0.4, -0.2) is 21.0 Å². The molecule has 0 aliphatic rings. The summed E-state index contributed by atoms with van der Waals surface area (Å²) in [5, 5.41) is 0. The molecule has 0 amide bonds. The van der Waals surface area contributed by atoms with Crippen LogP contribution in [0.1, 0.15) is 5.56 Å². The molecular formula is C13H14O5S. The van der Waals surface area contributed by atoms with Gasteiger partial charge in [0.1, 0.15) is 17.8 Å². The van der Waals surface area contributed by atoms with Crippen LogP contribution in [0.25, 0.3) is 0 Å². The van der Waals surface area contributed by atoms with Gasteiger partial charge in [-0.25, -0.2) is 4.79 Å². The van der Waals surface area contributed by atoms with E-state index in [0.29, 0.717) is 0 Å². The zero-order chi connectivity index (χ0) is 14.3. The van der Waals surface area contributed by atoms with Gasteiger partial charge in [-0.2, -0.15) is 8.42 Å². The van der Waals surface area contributed by atoms with Crippen molar-refractivity contribution in [2.45, 2.75) is 11.8 Å². The second-order valence-electron chi connectivity index (χ2n) is 3.57. The van der Waals surface area contributed by atoms with Gasteiger partial charge < -0.3 is 8.92 Å². The minimum atomic E-state index is -3.83. The fourth-order valence-electron chi connectivity index (χ4n) is 1.10. The molecule has 0 atom stereocenters. The van der Waals surface area contributed by atoms with E-state index in [1.165, 1.54) is 18.2 Å². The molecule has 0 heterocycles. The number of carbonyl (C=O) groups is 1. The first kappa shape index (κ1) is 15.0. The van der Waals surface area contributed by atoms with Crippen LogP contribution in [0.15, 0.2) is 54.2 Å². The minimum absolute atomic E-state index is 0.0610. The fraction of sp³-hybridized carbons (Fsp3) is 0.154. The van der Waals surface area contributed by atoms with Crippen LogP contribution < -0.4 is 0 Å². The summed E-state index contributed by atoms with van der Waals surface area (Å²) in [5.41, 5.74) is 0.950. The Bertz CT molecular complexity index is 570. The monoisotopic (exact) mass is 282 g/mol. The number of benzene rings is 1. The largest absolute Gasteiger partial charge is 0.458 e. The lowest BCUT2D eigenvalue weighted by molar-refractivity contribution is -0.136. The Balaban J connectivity index is 2.56. The number of aryl methyl sites for hydroxylation is 1. The van der Waals surface area contributed by atoms with Crippen LogP contribution in [0.4, 0.5) is 0 Å². The van der Waals surface area contributed by atoms with E-state index in [0.717, 1.165) is 17.9 Å². The van der Waals surface area contributed by atoms with E-state index in [4.69, 9.17) is 0 Å². The fourth-order valence-corrected chi connectivity index (χ4v) is 1.91. The van der Waals surface area contributed by atoms with Crippen LogP contribution in [0.2, 0.25) is 0 Å². The van der Waals surface area contributed by atoms with Crippen molar-refractivity contribution in [2.75, 3.05) is 6.61 Å². The Morgan fingerprint density at radius 2 is 1.95 bits per heavy atom. The maximum atomic E-state index is 11.7. The van der Waals surface area contributed by atoms with Gasteiger partial charge in [0.2, 0.25) is 0 Å². The number of rotatable bonds is 6. The van der Waals surface area contributed by atoms with E-state index in [2.05, 4.69) is 15.5 Å². The molecule has 0 fully saturated rings. The molecule has 0 bridgehead atoms. The van der Waals surface area contributed by atoms with Crippen molar-refractivity contribution in [3.8, 4) is 0 Å². The Kier molecular flexibility index (Phi) is 5.32. The summed E-state index contributed by atoms with van der Waals surface area (Å²) in [7, 11) is -3.83. The van der Waals surface area contributed by atoms with Crippen molar-refractivity contribution in [3.05, 3.63) is 54.8 Å². The van der Waals surface area contributed by atoms with Crippen LogP contribution >= 0.6 is 0 Å². The summed E-state index contributed by atoms with van der Waals surface area (Å²) in [6.45, 7) is 4.98. The molecule has 1 aromatic rings. The van der Waals surface area contributed by atoms with Gasteiger partial charge >= 0.3 is 16.1 Å². The van der Waals surface area contributed by atoms with Crippen molar-refractivity contribution in [2.24, 2.45) is 0 Å². The summed E-state index contributed by atoms with van der Waals surface area (Å²) in [6.07, 6.45) is 3.25. The van der Waals surface area contributed by atoms with E-state index >= 15 is 0 Å². The van der Waals surface area contributed by atoms with Crippen LogP contribution in [0.5, 0.6) is 0 Å². The van der Waals surface area contributed by atoms with Gasteiger partial charge in [0.25, 0.3) is 0 Å². The molecule has 0 saturated heterocycles. The number of hydrogen-bond donors (Lipinski definition) is 0.